The Balaban J connectivity index is 1.64. The van der Waals surface area contributed by atoms with Gasteiger partial charge in [0, 0.05) is 31.7 Å². The smallest absolute Gasteiger partial charge is 0.433 e. The van der Waals surface area contributed by atoms with E-state index < -0.39 is 11.9 Å². The highest BCUT2D eigenvalue weighted by atomic mass is 19.4. The molecular weight excluding hydrogens is 387 g/mol. The van der Waals surface area contributed by atoms with Crippen LogP contribution in [0.25, 0.3) is 0 Å². The molecule has 154 valence electrons. The number of pyridine rings is 1. The molecule has 1 aromatic carbocycles. The molecule has 0 spiro atoms. The number of amides is 2. The molecule has 3 rings (SSSR count). The number of nitrogens with zero attached hydrogens (tertiary/aromatic N) is 3. The van der Waals surface area contributed by atoms with Crippen LogP contribution >= 0.6 is 0 Å². The monoisotopic (exact) mass is 407 g/mol. The Morgan fingerprint density at radius 2 is 1.48 bits per heavy atom. The maximum Gasteiger partial charge on any atom is 0.433 e. The second-order valence-corrected chi connectivity index (χ2v) is 6.64. The fourth-order valence-corrected chi connectivity index (χ4v) is 3.14. The molecule has 2 heterocycles. The molecule has 2 amide bonds. The third-order valence-corrected chi connectivity index (χ3v) is 4.80. The van der Waals surface area contributed by atoms with Gasteiger partial charge in [-0.2, -0.15) is 13.2 Å². The first-order chi connectivity index (χ1) is 13.7. The van der Waals surface area contributed by atoms with Crippen LogP contribution in [0.5, 0.6) is 5.75 Å². The number of aryl methyl sites for hydroxylation is 1. The van der Waals surface area contributed by atoms with Crippen molar-refractivity contribution >= 4 is 11.8 Å². The molecule has 6 nitrogen and oxygen atoms in total. The molecule has 2 aromatic rings. The van der Waals surface area contributed by atoms with Crippen molar-refractivity contribution in [3.63, 3.8) is 0 Å². The number of benzene rings is 1. The first kappa shape index (κ1) is 20.6. The van der Waals surface area contributed by atoms with E-state index in [-0.39, 0.29) is 23.1 Å². The number of hydrogen-bond acceptors (Lipinski definition) is 4. The summed E-state index contributed by atoms with van der Waals surface area (Å²) < 4.78 is 43.3. The summed E-state index contributed by atoms with van der Waals surface area (Å²) in [4.78, 5) is 32.0. The lowest BCUT2D eigenvalue weighted by atomic mass is 10.1. The molecular formula is C20H20F3N3O3. The summed E-state index contributed by atoms with van der Waals surface area (Å²) >= 11 is 0. The topological polar surface area (TPSA) is 62.7 Å². The van der Waals surface area contributed by atoms with Gasteiger partial charge in [-0.3, -0.25) is 9.59 Å². The lowest BCUT2D eigenvalue weighted by molar-refractivity contribution is -0.141. The maximum absolute atomic E-state index is 12.8. The Kier molecular flexibility index (Phi) is 5.76. The fourth-order valence-electron chi connectivity index (χ4n) is 3.14. The predicted octanol–water partition coefficient (Wildman–Crippen LogP) is 3.02. The molecule has 9 heteroatoms. The predicted molar refractivity (Wildman–Crippen MR) is 98.8 cm³/mol. The second kappa shape index (κ2) is 8.10. The van der Waals surface area contributed by atoms with Crippen LogP contribution in [0.4, 0.5) is 13.2 Å². The van der Waals surface area contributed by atoms with Crippen LogP contribution in [0.2, 0.25) is 0 Å². The molecule has 0 bridgehead atoms. The van der Waals surface area contributed by atoms with Crippen molar-refractivity contribution in [2.45, 2.75) is 13.1 Å². The number of methoxy groups -OCH3 is 1. The minimum absolute atomic E-state index is 0.0292. The van der Waals surface area contributed by atoms with E-state index in [0.29, 0.717) is 37.5 Å². The van der Waals surface area contributed by atoms with Gasteiger partial charge in [-0.1, -0.05) is 0 Å². The minimum Gasteiger partial charge on any atom is -0.497 e. The number of carbonyl (C=O) groups excluding carboxylic acids is 2. The van der Waals surface area contributed by atoms with Crippen LogP contribution in [0, 0.1) is 6.92 Å². The zero-order chi connectivity index (χ0) is 21.2. The quantitative estimate of drug-likeness (QED) is 0.785. The first-order valence-electron chi connectivity index (χ1n) is 8.98. The Hall–Kier alpha value is -3.10. The minimum atomic E-state index is -4.56. The van der Waals surface area contributed by atoms with Crippen LogP contribution in [0.1, 0.15) is 32.1 Å². The van der Waals surface area contributed by atoms with Gasteiger partial charge in [0.15, 0.2) is 0 Å². The number of ether oxygens (including phenoxy) is 1. The highest BCUT2D eigenvalue weighted by molar-refractivity contribution is 5.96. The van der Waals surface area contributed by atoms with Crippen molar-refractivity contribution in [3.8, 4) is 5.75 Å². The van der Waals surface area contributed by atoms with Gasteiger partial charge in [0.1, 0.15) is 11.4 Å². The average molecular weight is 407 g/mol. The average Bonchev–Trinajstić information content (AvgIpc) is 2.72. The lowest BCUT2D eigenvalue weighted by Gasteiger charge is -2.35. The summed E-state index contributed by atoms with van der Waals surface area (Å²) in [6, 6.07) is 8.72. The lowest BCUT2D eigenvalue weighted by Crippen LogP contribution is -2.50. The normalized spacial score (nSPS) is 14.7. The van der Waals surface area contributed by atoms with Crippen molar-refractivity contribution in [1.29, 1.82) is 0 Å². The van der Waals surface area contributed by atoms with Crippen LogP contribution in [-0.4, -0.2) is 59.9 Å². The summed E-state index contributed by atoms with van der Waals surface area (Å²) in [5.41, 5.74) is -0.343. The standard InChI is InChI=1S/C20H20F3N3O3/c1-13-16(7-8-17(24-13)20(21,22)23)19(28)26-11-9-25(10-12-26)18(27)14-3-5-15(29-2)6-4-14/h3-8H,9-12H2,1-2H3. The largest absolute Gasteiger partial charge is 0.497 e. The molecule has 29 heavy (non-hydrogen) atoms. The number of hydrogen-bond donors (Lipinski definition) is 0. The molecule has 1 saturated heterocycles. The zero-order valence-electron chi connectivity index (χ0n) is 16.0. The van der Waals surface area contributed by atoms with Gasteiger partial charge < -0.3 is 14.5 Å². The van der Waals surface area contributed by atoms with E-state index in [9.17, 15) is 22.8 Å². The zero-order valence-corrected chi connectivity index (χ0v) is 16.0. The fraction of sp³-hybridized carbons (Fsp3) is 0.350. The molecule has 0 radical (unpaired) electrons. The van der Waals surface area contributed by atoms with Crippen molar-refractivity contribution in [2.24, 2.45) is 0 Å². The van der Waals surface area contributed by atoms with E-state index in [2.05, 4.69) is 4.98 Å². The third-order valence-electron chi connectivity index (χ3n) is 4.80. The maximum atomic E-state index is 12.8. The Labute approximate surface area is 165 Å². The Bertz CT molecular complexity index is 905. The van der Waals surface area contributed by atoms with Gasteiger partial charge in [-0.25, -0.2) is 4.98 Å². The Morgan fingerprint density at radius 1 is 0.931 bits per heavy atom. The van der Waals surface area contributed by atoms with Crippen molar-refractivity contribution in [3.05, 3.63) is 58.9 Å². The second-order valence-electron chi connectivity index (χ2n) is 6.64. The molecule has 0 atom stereocenters. The van der Waals surface area contributed by atoms with E-state index in [0.717, 1.165) is 12.1 Å². The van der Waals surface area contributed by atoms with E-state index in [1.807, 2.05) is 0 Å². The summed E-state index contributed by atoms with van der Waals surface area (Å²) in [5, 5.41) is 0. The molecule has 0 aliphatic carbocycles. The van der Waals surface area contributed by atoms with E-state index >= 15 is 0 Å². The highest BCUT2D eigenvalue weighted by Crippen LogP contribution is 2.28. The molecule has 0 saturated carbocycles. The number of rotatable bonds is 3. The van der Waals surface area contributed by atoms with Crippen LogP contribution in [-0.2, 0) is 6.18 Å². The molecule has 0 unspecified atom stereocenters. The number of halogens is 3. The van der Waals surface area contributed by atoms with Gasteiger partial charge in [-0.15, -0.1) is 0 Å². The molecule has 1 aromatic heterocycles. The van der Waals surface area contributed by atoms with Crippen molar-refractivity contribution < 1.29 is 27.5 Å². The van der Waals surface area contributed by atoms with Gasteiger partial charge >= 0.3 is 6.18 Å². The molecule has 1 aliphatic rings. The van der Waals surface area contributed by atoms with Gasteiger partial charge in [0.05, 0.1) is 18.4 Å². The number of carbonyl (C=O) groups is 2. The van der Waals surface area contributed by atoms with Crippen molar-refractivity contribution in [2.75, 3.05) is 33.3 Å². The number of aromatic nitrogens is 1. The highest BCUT2D eigenvalue weighted by Gasteiger charge is 2.33. The first-order valence-corrected chi connectivity index (χ1v) is 8.98. The number of piperazine rings is 1. The van der Waals surface area contributed by atoms with Crippen LogP contribution < -0.4 is 4.74 Å². The van der Waals surface area contributed by atoms with Gasteiger partial charge in [0.2, 0.25) is 0 Å². The number of alkyl halides is 3. The summed E-state index contributed by atoms with van der Waals surface area (Å²) in [5.74, 6) is 0.116. The molecule has 0 N–H and O–H groups in total. The molecule has 1 fully saturated rings. The summed E-state index contributed by atoms with van der Waals surface area (Å²) in [7, 11) is 1.54. The van der Waals surface area contributed by atoms with Crippen LogP contribution in [0.15, 0.2) is 36.4 Å². The third kappa shape index (κ3) is 4.49. The van der Waals surface area contributed by atoms with E-state index in [1.165, 1.54) is 11.8 Å². The van der Waals surface area contributed by atoms with Gasteiger partial charge in [-0.05, 0) is 43.3 Å². The molecule has 1 aliphatic heterocycles. The van der Waals surface area contributed by atoms with Crippen molar-refractivity contribution in [1.82, 2.24) is 14.8 Å². The summed E-state index contributed by atoms with van der Waals surface area (Å²) in [6.45, 7) is 2.64. The van der Waals surface area contributed by atoms with Gasteiger partial charge in [0.25, 0.3) is 11.8 Å². The summed E-state index contributed by atoms with van der Waals surface area (Å²) in [6.07, 6.45) is -4.56. The van der Waals surface area contributed by atoms with E-state index in [1.54, 1.807) is 36.3 Å². The SMILES string of the molecule is COc1ccc(C(=O)N2CCN(C(=O)c3ccc(C(F)(F)F)nc3C)CC2)cc1. The van der Waals surface area contributed by atoms with Crippen LogP contribution in [0.3, 0.4) is 0 Å². The van der Waals surface area contributed by atoms with E-state index in [4.69, 9.17) is 4.74 Å². The Morgan fingerprint density at radius 3 is 1.97 bits per heavy atom.